The first-order valence-corrected chi connectivity index (χ1v) is 14.4. The molecular weight excluding hydrogens is 538 g/mol. The molecule has 0 saturated carbocycles. The van der Waals surface area contributed by atoms with Crippen LogP contribution in [0, 0.1) is 0 Å². The maximum atomic E-state index is 13.1. The maximum Gasteiger partial charge on any atom is 0.328 e. The van der Waals surface area contributed by atoms with Gasteiger partial charge < -0.3 is 19.4 Å². The third-order valence-electron chi connectivity index (χ3n) is 7.49. The number of carbonyl (C=O) groups excluding carboxylic acids is 2. The zero-order valence-corrected chi connectivity index (χ0v) is 24.6. The molecule has 0 radical (unpaired) electrons. The molecule has 1 aromatic heterocycles. The number of aromatic nitrogens is 1. The lowest BCUT2D eigenvalue weighted by atomic mass is 10.0. The summed E-state index contributed by atoms with van der Waals surface area (Å²) < 4.78 is 13.1. The van der Waals surface area contributed by atoms with Gasteiger partial charge >= 0.3 is 5.97 Å². The summed E-state index contributed by atoms with van der Waals surface area (Å²) in [4.78, 5) is 28.1. The second-order valence-electron chi connectivity index (χ2n) is 10.6. The van der Waals surface area contributed by atoms with Crippen LogP contribution in [0.5, 0.6) is 5.75 Å². The van der Waals surface area contributed by atoms with Crippen molar-refractivity contribution in [3.8, 4) is 5.75 Å². The highest BCUT2D eigenvalue weighted by Crippen LogP contribution is 2.22. The Balaban J connectivity index is 1.18. The van der Waals surface area contributed by atoms with E-state index in [2.05, 4.69) is 58.7 Å². The summed E-state index contributed by atoms with van der Waals surface area (Å²) in [5.74, 6) is -0.160. The average molecular weight is 576 g/mol. The Kier molecular flexibility index (Phi) is 9.87. The number of benzene rings is 4. The topological polar surface area (TPSA) is 72.8 Å². The molecule has 5 aromatic rings. The van der Waals surface area contributed by atoms with Crippen molar-refractivity contribution in [2.45, 2.75) is 25.6 Å². The average Bonchev–Trinajstić information content (AvgIpc) is 3.36. The van der Waals surface area contributed by atoms with Crippen molar-refractivity contribution in [3.63, 3.8) is 0 Å². The van der Waals surface area contributed by atoms with E-state index in [9.17, 15) is 9.59 Å². The van der Waals surface area contributed by atoms with E-state index in [-0.39, 0.29) is 5.91 Å². The second-order valence-corrected chi connectivity index (χ2v) is 10.6. The molecule has 1 amide bonds. The van der Waals surface area contributed by atoms with Gasteiger partial charge in [0.15, 0.2) is 0 Å². The quantitative estimate of drug-likeness (QED) is 0.180. The number of fused-ring (bicyclic) bond motifs is 1. The number of amides is 1. The van der Waals surface area contributed by atoms with Crippen molar-refractivity contribution in [1.29, 1.82) is 0 Å². The zero-order valence-electron chi connectivity index (χ0n) is 24.6. The van der Waals surface area contributed by atoms with Gasteiger partial charge in [-0.15, -0.1) is 0 Å². The van der Waals surface area contributed by atoms with Gasteiger partial charge in [0.25, 0.3) is 5.91 Å². The number of rotatable bonds is 13. The number of nitrogens with one attached hydrogen (secondary N) is 1. The van der Waals surface area contributed by atoms with Crippen molar-refractivity contribution in [1.82, 2.24) is 14.8 Å². The Morgan fingerprint density at radius 2 is 1.42 bits per heavy atom. The molecule has 1 unspecified atom stereocenters. The molecule has 220 valence electrons. The van der Waals surface area contributed by atoms with E-state index in [1.54, 1.807) is 24.3 Å². The number of ether oxygens (including phenoxy) is 2. The van der Waals surface area contributed by atoms with E-state index < -0.39 is 12.0 Å². The van der Waals surface area contributed by atoms with E-state index in [0.29, 0.717) is 24.3 Å². The summed E-state index contributed by atoms with van der Waals surface area (Å²) in [5.41, 5.74) is 4.96. The fraction of sp³-hybridized carbons (Fsp3) is 0.222. The lowest BCUT2D eigenvalue weighted by Gasteiger charge is -2.23. The van der Waals surface area contributed by atoms with Crippen LogP contribution in [-0.2, 0) is 36.1 Å². The van der Waals surface area contributed by atoms with Gasteiger partial charge in [-0.25, -0.2) is 4.79 Å². The summed E-state index contributed by atoms with van der Waals surface area (Å²) in [6.07, 6.45) is 2.31. The van der Waals surface area contributed by atoms with Crippen molar-refractivity contribution >= 4 is 22.8 Å². The molecule has 43 heavy (non-hydrogen) atoms. The normalized spacial score (nSPS) is 11.8. The summed E-state index contributed by atoms with van der Waals surface area (Å²) in [7, 11) is 3.29. The molecule has 4 aromatic carbocycles. The third-order valence-corrected chi connectivity index (χ3v) is 7.49. The summed E-state index contributed by atoms with van der Waals surface area (Å²) in [6.45, 7) is 2.87. The van der Waals surface area contributed by atoms with Gasteiger partial charge in [0, 0.05) is 55.8 Å². The van der Waals surface area contributed by atoms with E-state index in [1.807, 2.05) is 54.2 Å². The molecule has 7 nitrogen and oxygen atoms in total. The van der Waals surface area contributed by atoms with Gasteiger partial charge in [-0.1, -0.05) is 78.9 Å². The molecule has 0 bridgehead atoms. The largest absolute Gasteiger partial charge is 0.492 e. The molecule has 1 atom stereocenters. The standard InChI is InChI=1S/C36H37N3O4/c1-38-26-30(32-15-9-10-16-34(32)38)23-33(36(41)42-2)37-35(40)29-17-19-31(20-18-29)43-22-21-39(24-27-11-5-3-6-12-27)25-28-13-7-4-8-14-28/h3-20,26,33H,21-25H2,1-2H3,(H,37,40). The van der Waals surface area contributed by atoms with Crippen LogP contribution in [0.3, 0.4) is 0 Å². The second kappa shape index (κ2) is 14.3. The van der Waals surface area contributed by atoms with Crippen molar-refractivity contribution < 1.29 is 19.1 Å². The molecular formula is C36H37N3O4. The highest BCUT2D eigenvalue weighted by Gasteiger charge is 2.24. The fourth-order valence-corrected chi connectivity index (χ4v) is 5.28. The molecule has 0 aliphatic rings. The lowest BCUT2D eigenvalue weighted by molar-refractivity contribution is -0.142. The number of para-hydroxylation sites is 1. The van der Waals surface area contributed by atoms with Gasteiger partial charge in [-0.05, 0) is 47.0 Å². The lowest BCUT2D eigenvalue weighted by Crippen LogP contribution is -2.43. The Bertz CT molecular complexity index is 1590. The molecule has 0 fully saturated rings. The van der Waals surface area contributed by atoms with Crippen LogP contribution in [0.2, 0.25) is 0 Å². The molecule has 0 saturated heterocycles. The number of methoxy groups -OCH3 is 1. The van der Waals surface area contributed by atoms with Crippen molar-refractivity contribution in [3.05, 3.63) is 138 Å². The highest BCUT2D eigenvalue weighted by atomic mass is 16.5. The van der Waals surface area contributed by atoms with Crippen LogP contribution in [0.15, 0.2) is 115 Å². The van der Waals surface area contributed by atoms with Crippen LogP contribution >= 0.6 is 0 Å². The Morgan fingerprint density at radius 1 is 0.814 bits per heavy atom. The van der Waals surface area contributed by atoms with E-state index >= 15 is 0 Å². The Hall–Kier alpha value is -4.88. The predicted molar refractivity (Wildman–Crippen MR) is 169 cm³/mol. The van der Waals surface area contributed by atoms with Crippen LogP contribution < -0.4 is 10.1 Å². The number of aryl methyl sites for hydroxylation is 1. The van der Waals surface area contributed by atoms with Crippen molar-refractivity contribution in [2.24, 2.45) is 7.05 Å². The van der Waals surface area contributed by atoms with Gasteiger partial charge in [0.05, 0.1) is 7.11 Å². The number of carbonyl (C=O) groups is 2. The van der Waals surface area contributed by atoms with Crippen LogP contribution in [0.25, 0.3) is 10.9 Å². The van der Waals surface area contributed by atoms with E-state index in [1.165, 1.54) is 18.2 Å². The third kappa shape index (κ3) is 7.90. The molecule has 0 aliphatic carbocycles. The fourth-order valence-electron chi connectivity index (χ4n) is 5.28. The highest BCUT2D eigenvalue weighted by molar-refractivity contribution is 5.97. The number of hydrogen-bond acceptors (Lipinski definition) is 5. The summed E-state index contributed by atoms with van der Waals surface area (Å²) in [5, 5.41) is 3.90. The van der Waals surface area contributed by atoms with E-state index in [4.69, 9.17) is 9.47 Å². The first-order chi connectivity index (χ1) is 21.0. The maximum absolute atomic E-state index is 13.1. The zero-order chi connectivity index (χ0) is 30.0. The predicted octanol–water partition coefficient (Wildman–Crippen LogP) is 5.77. The first-order valence-electron chi connectivity index (χ1n) is 14.4. The van der Waals surface area contributed by atoms with Crippen LogP contribution in [0.1, 0.15) is 27.0 Å². The molecule has 0 aliphatic heterocycles. The molecule has 5 rings (SSSR count). The SMILES string of the molecule is COC(=O)C(Cc1cn(C)c2ccccc12)NC(=O)c1ccc(OCCN(Cc2ccccc2)Cc2ccccc2)cc1. The molecule has 0 spiro atoms. The summed E-state index contributed by atoms with van der Waals surface area (Å²) >= 11 is 0. The molecule has 1 heterocycles. The number of esters is 1. The van der Waals surface area contributed by atoms with Gasteiger partial charge in [0.1, 0.15) is 18.4 Å². The smallest absolute Gasteiger partial charge is 0.328 e. The number of hydrogen-bond donors (Lipinski definition) is 1. The monoisotopic (exact) mass is 575 g/mol. The Labute approximate surface area is 252 Å². The minimum absolute atomic E-state index is 0.323. The van der Waals surface area contributed by atoms with Crippen LogP contribution in [-0.4, -0.2) is 47.6 Å². The Morgan fingerprint density at radius 3 is 2.05 bits per heavy atom. The number of nitrogens with zero attached hydrogens (tertiary/aromatic N) is 2. The minimum atomic E-state index is -0.820. The minimum Gasteiger partial charge on any atom is -0.492 e. The van der Waals surface area contributed by atoms with Crippen molar-refractivity contribution in [2.75, 3.05) is 20.3 Å². The summed E-state index contributed by atoms with van der Waals surface area (Å²) in [6, 6.07) is 35.0. The van der Waals surface area contributed by atoms with Gasteiger partial charge in [0.2, 0.25) is 0 Å². The molecule has 1 N–H and O–H groups in total. The first kappa shape index (κ1) is 29.6. The van der Waals surface area contributed by atoms with E-state index in [0.717, 1.165) is 36.1 Å². The van der Waals surface area contributed by atoms with Crippen LogP contribution in [0.4, 0.5) is 0 Å². The van der Waals surface area contributed by atoms with Gasteiger partial charge in [-0.3, -0.25) is 9.69 Å². The molecule has 7 heteroatoms. The van der Waals surface area contributed by atoms with Gasteiger partial charge in [-0.2, -0.15) is 0 Å².